The van der Waals surface area contributed by atoms with Crippen molar-refractivity contribution in [3.63, 3.8) is 0 Å². The summed E-state index contributed by atoms with van der Waals surface area (Å²) in [4.78, 5) is 6.99. The largest absolute Gasteiger partial charge is 0.435 e. The summed E-state index contributed by atoms with van der Waals surface area (Å²) in [6.07, 6.45) is -2.51. The van der Waals surface area contributed by atoms with Crippen LogP contribution in [-0.4, -0.2) is 19.6 Å². The summed E-state index contributed by atoms with van der Waals surface area (Å²) >= 11 is 0. The van der Waals surface area contributed by atoms with Crippen molar-refractivity contribution in [2.75, 3.05) is 0 Å². The van der Waals surface area contributed by atoms with Gasteiger partial charge >= 0.3 is 6.18 Å². The first-order chi connectivity index (χ1) is 5.59. The van der Waals surface area contributed by atoms with E-state index in [-0.39, 0.29) is 5.78 Å². The molecule has 0 atom stereocenters. The lowest BCUT2D eigenvalue weighted by Gasteiger charge is -2.01. The second kappa shape index (κ2) is 1.99. The number of rotatable bonds is 0. The van der Waals surface area contributed by atoms with E-state index < -0.39 is 11.9 Å². The summed E-state index contributed by atoms with van der Waals surface area (Å²) in [5.74, 6) is 0.0160. The molecule has 1 N–H and O–H groups in total. The summed E-state index contributed by atoms with van der Waals surface area (Å²) in [6, 6.07) is 0. The number of alkyl halides is 3. The Morgan fingerprint density at radius 1 is 1.33 bits per heavy atom. The number of imidazole rings is 1. The summed E-state index contributed by atoms with van der Waals surface area (Å²) in [7, 11) is 0. The first kappa shape index (κ1) is 7.14. The Morgan fingerprint density at radius 2 is 2.08 bits per heavy atom. The maximum absolute atomic E-state index is 12.1. The molecule has 2 rings (SSSR count). The van der Waals surface area contributed by atoms with Crippen LogP contribution < -0.4 is 0 Å². The van der Waals surface area contributed by atoms with E-state index in [4.69, 9.17) is 0 Å². The van der Waals surface area contributed by atoms with Crippen LogP contribution in [0.1, 0.15) is 5.69 Å². The van der Waals surface area contributed by atoms with Gasteiger partial charge in [-0.1, -0.05) is 0 Å². The molecule has 64 valence electrons. The maximum atomic E-state index is 12.1. The predicted octanol–water partition coefficient (Wildman–Crippen LogP) is 1.08. The normalized spacial score (nSPS) is 12.6. The smallest absolute Gasteiger partial charge is 0.280 e. The van der Waals surface area contributed by atoms with Crippen molar-refractivity contribution in [1.29, 1.82) is 0 Å². The molecule has 0 aliphatic rings. The lowest BCUT2D eigenvalue weighted by atomic mass is 10.5. The maximum Gasteiger partial charge on any atom is 0.435 e. The molecule has 2 heterocycles. The molecule has 4 nitrogen and oxygen atoms in total. The minimum Gasteiger partial charge on any atom is -0.280 e. The van der Waals surface area contributed by atoms with Crippen LogP contribution in [0.2, 0.25) is 0 Å². The molecule has 0 amide bonds. The molecule has 0 radical (unpaired) electrons. The summed E-state index contributed by atoms with van der Waals surface area (Å²) in [6.45, 7) is 0. The van der Waals surface area contributed by atoms with Gasteiger partial charge < -0.3 is 0 Å². The quantitative estimate of drug-likeness (QED) is 0.652. The van der Waals surface area contributed by atoms with E-state index in [1.807, 2.05) is 0 Å². The zero-order valence-electron chi connectivity index (χ0n) is 5.63. The van der Waals surface area contributed by atoms with Gasteiger partial charge in [0.15, 0.2) is 5.69 Å². The van der Waals surface area contributed by atoms with Gasteiger partial charge in [-0.25, -0.2) is 14.5 Å². The second-order valence-corrected chi connectivity index (χ2v) is 2.16. The fourth-order valence-electron chi connectivity index (χ4n) is 0.905. The number of hydrogen-bond acceptors (Lipinski definition) is 2. The average molecular weight is 176 g/mol. The summed E-state index contributed by atoms with van der Waals surface area (Å²) < 4.78 is 37.1. The number of nitrogens with one attached hydrogen (secondary N) is 1. The van der Waals surface area contributed by atoms with Gasteiger partial charge in [0.2, 0.25) is 0 Å². The lowest BCUT2D eigenvalue weighted by molar-refractivity contribution is -0.142. The molecule has 7 heteroatoms. The molecule has 2 aromatic rings. The molecule has 0 aromatic carbocycles. The van der Waals surface area contributed by atoms with Gasteiger partial charge in [0.25, 0.3) is 5.78 Å². The van der Waals surface area contributed by atoms with Crippen molar-refractivity contribution in [3.8, 4) is 0 Å². The topological polar surface area (TPSA) is 46.0 Å². The average Bonchev–Trinajstić information content (AvgIpc) is 2.37. The molecule has 0 saturated carbocycles. The zero-order valence-corrected chi connectivity index (χ0v) is 5.63. The van der Waals surface area contributed by atoms with E-state index >= 15 is 0 Å². The highest BCUT2D eigenvalue weighted by Crippen LogP contribution is 2.28. The lowest BCUT2D eigenvalue weighted by Crippen LogP contribution is -2.08. The number of hydrogen-bond donors (Lipinski definition) is 1. The number of nitrogens with zero attached hydrogens (tertiary/aromatic N) is 3. The monoisotopic (exact) mass is 176 g/mol. The third-order valence-corrected chi connectivity index (χ3v) is 1.40. The molecule has 0 fully saturated rings. The van der Waals surface area contributed by atoms with Crippen molar-refractivity contribution in [2.24, 2.45) is 0 Å². The highest BCUT2D eigenvalue weighted by atomic mass is 19.4. The van der Waals surface area contributed by atoms with Gasteiger partial charge in [-0.2, -0.15) is 13.2 Å². The Balaban J connectivity index is 2.69. The Morgan fingerprint density at radius 3 is 2.75 bits per heavy atom. The molecule has 0 spiro atoms. The van der Waals surface area contributed by atoms with Gasteiger partial charge in [-0.3, -0.25) is 5.10 Å². The van der Waals surface area contributed by atoms with Crippen LogP contribution >= 0.6 is 0 Å². The van der Waals surface area contributed by atoms with E-state index in [1.165, 1.54) is 0 Å². The number of aromatic nitrogens is 4. The van der Waals surface area contributed by atoms with Crippen molar-refractivity contribution in [1.82, 2.24) is 19.6 Å². The number of halogens is 3. The predicted molar refractivity (Wildman–Crippen MR) is 32.3 cm³/mol. The molecule has 0 aliphatic heterocycles. The van der Waals surface area contributed by atoms with E-state index in [2.05, 4.69) is 15.1 Å². The first-order valence-electron chi connectivity index (χ1n) is 3.03. The molecule has 0 aliphatic carbocycles. The van der Waals surface area contributed by atoms with Gasteiger partial charge in [0.05, 0.1) is 6.20 Å². The van der Waals surface area contributed by atoms with Crippen molar-refractivity contribution < 1.29 is 13.2 Å². The highest BCUT2D eigenvalue weighted by Gasteiger charge is 2.35. The SMILES string of the molecule is FC(F)(F)c1cnc2nc[nH]n12. The summed E-state index contributed by atoms with van der Waals surface area (Å²) in [5, 5.41) is 2.30. The Labute approximate surface area is 64.0 Å². The van der Waals surface area contributed by atoms with Crippen LogP contribution in [0.5, 0.6) is 0 Å². The Hall–Kier alpha value is -1.53. The van der Waals surface area contributed by atoms with Gasteiger partial charge in [-0.05, 0) is 0 Å². The second-order valence-electron chi connectivity index (χ2n) is 2.16. The Bertz CT molecular complexity index is 398. The van der Waals surface area contributed by atoms with Crippen LogP contribution in [0, 0.1) is 0 Å². The van der Waals surface area contributed by atoms with Crippen molar-refractivity contribution in [3.05, 3.63) is 18.2 Å². The summed E-state index contributed by atoms with van der Waals surface area (Å²) in [5.41, 5.74) is -0.852. The molecule has 0 unspecified atom stereocenters. The van der Waals surface area contributed by atoms with Gasteiger partial charge in [-0.15, -0.1) is 0 Å². The fraction of sp³-hybridized carbons (Fsp3) is 0.200. The van der Waals surface area contributed by atoms with E-state index in [1.54, 1.807) is 0 Å². The number of H-pyrrole nitrogens is 1. The third-order valence-electron chi connectivity index (χ3n) is 1.40. The minimum absolute atomic E-state index is 0.0160. The van der Waals surface area contributed by atoms with Crippen LogP contribution in [0.15, 0.2) is 12.5 Å². The third kappa shape index (κ3) is 0.858. The van der Waals surface area contributed by atoms with Crippen LogP contribution in [0.25, 0.3) is 5.78 Å². The van der Waals surface area contributed by atoms with Crippen LogP contribution in [0.4, 0.5) is 13.2 Å². The molecule has 2 aromatic heterocycles. The first-order valence-corrected chi connectivity index (χ1v) is 3.03. The molecular weight excluding hydrogens is 173 g/mol. The van der Waals surface area contributed by atoms with Crippen LogP contribution in [0.3, 0.4) is 0 Å². The van der Waals surface area contributed by atoms with E-state index in [0.29, 0.717) is 0 Å². The zero-order chi connectivity index (χ0) is 8.77. The molecule has 0 saturated heterocycles. The van der Waals surface area contributed by atoms with Crippen LogP contribution in [-0.2, 0) is 6.18 Å². The van der Waals surface area contributed by atoms with Gasteiger partial charge in [0, 0.05) is 0 Å². The fourth-order valence-corrected chi connectivity index (χ4v) is 0.905. The minimum atomic E-state index is -4.40. The Kier molecular flexibility index (Phi) is 1.18. The van der Waals surface area contributed by atoms with Crippen molar-refractivity contribution >= 4 is 5.78 Å². The van der Waals surface area contributed by atoms with E-state index in [9.17, 15) is 13.2 Å². The molecule has 12 heavy (non-hydrogen) atoms. The molecular formula is C5H3F3N4. The highest BCUT2D eigenvalue weighted by molar-refractivity contribution is 5.28. The number of aromatic amines is 1. The number of fused-ring (bicyclic) bond motifs is 1. The van der Waals surface area contributed by atoms with Gasteiger partial charge in [0.1, 0.15) is 6.33 Å². The van der Waals surface area contributed by atoms with E-state index in [0.717, 1.165) is 17.0 Å². The molecule has 0 bridgehead atoms. The van der Waals surface area contributed by atoms with Crippen molar-refractivity contribution in [2.45, 2.75) is 6.18 Å². The standard InChI is InChI=1S/C5H3F3N4/c6-5(7,8)3-1-9-4-10-2-11-12(3)4/h1-2H,(H,9,10,11).